The van der Waals surface area contributed by atoms with Crippen LogP contribution in [0.5, 0.6) is 5.75 Å². The Balaban J connectivity index is 1.50. The van der Waals surface area contributed by atoms with Gasteiger partial charge in [0, 0.05) is 25.9 Å². The van der Waals surface area contributed by atoms with Gasteiger partial charge in [-0.1, -0.05) is 18.2 Å². The fourth-order valence-electron chi connectivity index (χ4n) is 3.13. The molecule has 1 aromatic rings. The molecule has 2 fully saturated rings. The number of para-hydroxylation sites is 1. The summed E-state index contributed by atoms with van der Waals surface area (Å²) in [7, 11) is -3.00. The zero-order valence-corrected chi connectivity index (χ0v) is 13.3. The molecule has 0 aromatic heterocycles. The fraction of sp³-hybridized carbons (Fsp3) is 0.562. The van der Waals surface area contributed by atoms with Crippen LogP contribution >= 0.6 is 0 Å². The molecule has 1 aromatic carbocycles. The summed E-state index contributed by atoms with van der Waals surface area (Å²) >= 11 is 0. The molecule has 0 aliphatic carbocycles. The molecule has 2 heterocycles. The van der Waals surface area contributed by atoms with Crippen LogP contribution in [0.3, 0.4) is 0 Å². The van der Waals surface area contributed by atoms with Gasteiger partial charge in [0.1, 0.15) is 11.9 Å². The lowest BCUT2D eigenvalue weighted by molar-refractivity contribution is -0.136. The second-order valence-electron chi connectivity index (χ2n) is 6.06. The van der Waals surface area contributed by atoms with Gasteiger partial charge in [0.15, 0.2) is 9.84 Å². The molecule has 5 nitrogen and oxygen atoms in total. The van der Waals surface area contributed by atoms with E-state index in [4.69, 9.17) is 4.74 Å². The number of likely N-dealkylation sites (tertiary alicyclic amines) is 1. The van der Waals surface area contributed by atoms with E-state index in [9.17, 15) is 13.2 Å². The molecule has 22 heavy (non-hydrogen) atoms. The molecule has 0 bridgehead atoms. The maximum Gasteiger partial charge on any atom is 0.226 e. The lowest BCUT2D eigenvalue weighted by atomic mass is 10.0. The van der Waals surface area contributed by atoms with Gasteiger partial charge in [-0.25, -0.2) is 8.42 Å². The molecule has 0 N–H and O–H groups in total. The van der Waals surface area contributed by atoms with Crippen LogP contribution in [0.25, 0.3) is 0 Å². The van der Waals surface area contributed by atoms with Crippen LogP contribution in [-0.2, 0) is 14.6 Å². The topological polar surface area (TPSA) is 63.7 Å². The highest BCUT2D eigenvalue weighted by molar-refractivity contribution is 7.91. The van der Waals surface area contributed by atoms with Crippen LogP contribution in [0.2, 0.25) is 0 Å². The van der Waals surface area contributed by atoms with Crippen LogP contribution in [-0.4, -0.2) is 49.9 Å². The first-order chi connectivity index (χ1) is 10.5. The van der Waals surface area contributed by atoms with Gasteiger partial charge < -0.3 is 9.64 Å². The molecule has 6 heteroatoms. The first kappa shape index (κ1) is 15.3. The summed E-state index contributed by atoms with van der Waals surface area (Å²) in [4.78, 5) is 14.2. The number of nitrogens with zero attached hydrogens (tertiary/aromatic N) is 1. The van der Waals surface area contributed by atoms with Crippen molar-refractivity contribution >= 4 is 15.7 Å². The maximum atomic E-state index is 12.4. The number of carbonyl (C=O) groups excluding carboxylic acids is 1. The van der Waals surface area contributed by atoms with E-state index < -0.39 is 9.84 Å². The van der Waals surface area contributed by atoms with E-state index in [2.05, 4.69) is 0 Å². The Morgan fingerprint density at radius 2 is 1.77 bits per heavy atom. The van der Waals surface area contributed by atoms with Gasteiger partial charge in [-0.2, -0.15) is 0 Å². The van der Waals surface area contributed by atoms with Gasteiger partial charge in [0.05, 0.1) is 17.4 Å². The van der Waals surface area contributed by atoms with Crippen molar-refractivity contribution in [2.75, 3.05) is 24.6 Å². The van der Waals surface area contributed by atoms with Crippen molar-refractivity contribution in [2.45, 2.75) is 25.4 Å². The van der Waals surface area contributed by atoms with Crippen molar-refractivity contribution in [3.8, 4) is 5.75 Å². The van der Waals surface area contributed by atoms with E-state index in [1.807, 2.05) is 30.3 Å². The monoisotopic (exact) mass is 323 g/mol. The van der Waals surface area contributed by atoms with Crippen LogP contribution in [0.4, 0.5) is 0 Å². The second kappa shape index (κ2) is 6.28. The molecule has 1 atom stereocenters. The van der Waals surface area contributed by atoms with Gasteiger partial charge in [0.25, 0.3) is 0 Å². The third-order valence-corrected chi connectivity index (χ3v) is 6.15. The Hall–Kier alpha value is -1.56. The third-order valence-electron chi connectivity index (χ3n) is 4.38. The maximum absolute atomic E-state index is 12.4. The van der Waals surface area contributed by atoms with Gasteiger partial charge in [-0.15, -0.1) is 0 Å². The van der Waals surface area contributed by atoms with Crippen molar-refractivity contribution in [3.05, 3.63) is 30.3 Å². The fourth-order valence-corrected chi connectivity index (χ4v) is 4.87. The second-order valence-corrected chi connectivity index (χ2v) is 8.28. The molecule has 0 radical (unpaired) electrons. The van der Waals surface area contributed by atoms with E-state index in [-0.39, 0.29) is 29.4 Å². The third kappa shape index (κ3) is 3.61. The first-order valence-electron chi connectivity index (χ1n) is 7.74. The van der Waals surface area contributed by atoms with E-state index in [0.29, 0.717) is 19.5 Å². The van der Waals surface area contributed by atoms with Crippen molar-refractivity contribution in [2.24, 2.45) is 5.92 Å². The molecule has 2 aliphatic heterocycles. The molecule has 2 aliphatic rings. The highest BCUT2D eigenvalue weighted by atomic mass is 32.2. The highest BCUT2D eigenvalue weighted by Crippen LogP contribution is 2.24. The lowest BCUT2D eigenvalue weighted by Gasteiger charge is -2.33. The Kier molecular flexibility index (Phi) is 4.38. The summed E-state index contributed by atoms with van der Waals surface area (Å²) in [6.07, 6.45) is 2.18. The quantitative estimate of drug-likeness (QED) is 0.845. The van der Waals surface area contributed by atoms with E-state index in [1.165, 1.54) is 0 Å². The molecule has 120 valence electrons. The molecular formula is C16H21NO4S. The largest absolute Gasteiger partial charge is 0.490 e. The first-order valence-corrected chi connectivity index (χ1v) is 9.56. The van der Waals surface area contributed by atoms with Gasteiger partial charge >= 0.3 is 0 Å². The molecule has 0 spiro atoms. The van der Waals surface area contributed by atoms with Crippen LogP contribution in [0.15, 0.2) is 30.3 Å². The number of ether oxygens (including phenoxy) is 1. The molecule has 1 amide bonds. The summed E-state index contributed by atoms with van der Waals surface area (Å²) in [5.41, 5.74) is 0. The number of carbonyl (C=O) groups is 1. The minimum Gasteiger partial charge on any atom is -0.490 e. The Morgan fingerprint density at radius 1 is 1.09 bits per heavy atom. The average Bonchev–Trinajstić information content (AvgIpc) is 2.88. The molecule has 0 saturated carbocycles. The normalized spacial score (nSPS) is 25.1. The summed E-state index contributed by atoms with van der Waals surface area (Å²) in [6, 6.07) is 9.69. The van der Waals surface area contributed by atoms with E-state index in [1.54, 1.807) is 4.90 Å². The zero-order valence-electron chi connectivity index (χ0n) is 12.5. The summed E-state index contributed by atoms with van der Waals surface area (Å²) in [5.74, 6) is 0.688. The molecule has 0 unspecified atom stereocenters. The van der Waals surface area contributed by atoms with Crippen LogP contribution < -0.4 is 4.74 Å². The SMILES string of the molecule is O=C([C@H]1CCS(=O)(=O)C1)N1CCC(Oc2ccccc2)CC1. The number of amides is 1. The Morgan fingerprint density at radius 3 is 2.36 bits per heavy atom. The Bertz CT molecular complexity index is 621. The minimum atomic E-state index is -3.00. The number of sulfone groups is 1. The smallest absolute Gasteiger partial charge is 0.226 e. The van der Waals surface area contributed by atoms with Crippen LogP contribution in [0, 0.1) is 5.92 Å². The van der Waals surface area contributed by atoms with Crippen molar-refractivity contribution in [1.29, 1.82) is 0 Å². The number of rotatable bonds is 3. The molecule has 3 rings (SSSR count). The minimum absolute atomic E-state index is 0.000707. The van der Waals surface area contributed by atoms with Crippen molar-refractivity contribution in [3.63, 3.8) is 0 Å². The lowest BCUT2D eigenvalue weighted by Crippen LogP contribution is -2.44. The van der Waals surface area contributed by atoms with E-state index >= 15 is 0 Å². The van der Waals surface area contributed by atoms with Gasteiger partial charge in [-0.3, -0.25) is 4.79 Å². The van der Waals surface area contributed by atoms with E-state index in [0.717, 1.165) is 18.6 Å². The van der Waals surface area contributed by atoms with Gasteiger partial charge in [-0.05, 0) is 18.6 Å². The highest BCUT2D eigenvalue weighted by Gasteiger charge is 2.36. The summed E-state index contributed by atoms with van der Waals surface area (Å²) < 4.78 is 28.9. The number of piperidine rings is 1. The van der Waals surface area contributed by atoms with Crippen molar-refractivity contribution in [1.82, 2.24) is 4.90 Å². The number of hydrogen-bond donors (Lipinski definition) is 0. The van der Waals surface area contributed by atoms with Gasteiger partial charge in [0.2, 0.25) is 5.91 Å². The predicted molar refractivity (Wildman–Crippen MR) is 83.4 cm³/mol. The number of hydrogen-bond acceptors (Lipinski definition) is 4. The summed E-state index contributed by atoms with van der Waals surface area (Å²) in [5, 5.41) is 0. The standard InChI is InChI=1S/C16H21NO4S/c18-16(13-8-11-22(19,20)12-13)17-9-6-15(7-10-17)21-14-4-2-1-3-5-14/h1-5,13,15H,6-12H2/t13-/m0/s1. The Labute approximate surface area is 131 Å². The predicted octanol–water partition coefficient (Wildman–Crippen LogP) is 1.49. The van der Waals surface area contributed by atoms with Crippen LogP contribution in [0.1, 0.15) is 19.3 Å². The zero-order chi connectivity index (χ0) is 15.6. The van der Waals surface area contributed by atoms with Crippen molar-refractivity contribution < 1.29 is 17.9 Å². The number of benzene rings is 1. The molecule has 2 saturated heterocycles. The average molecular weight is 323 g/mol. The molecular weight excluding hydrogens is 302 g/mol. The summed E-state index contributed by atoms with van der Waals surface area (Å²) in [6.45, 7) is 1.29.